The summed E-state index contributed by atoms with van der Waals surface area (Å²) in [4.78, 5) is 4.04. The summed E-state index contributed by atoms with van der Waals surface area (Å²) in [6, 6.07) is 3.97. The maximum atomic E-state index is 5.51. The zero-order valence-electron chi connectivity index (χ0n) is 6.86. The van der Waals surface area contributed by atoms with Gasteiger partial charge in [0.05, 0.1) is 12.7 Å². The van der Waals surface area contributed by atoms with E-state index in [1.165, 1.54) is 5.57 Å². The number of nitrogens with zero attached hydrogens (tertiary/aromatic N) is 1. The van der Waals surface area contributed by atoms with Gasteiger partial charge < -0.3 is 4.74 Å². The molecule has 62 valence electrons. The van der Waals surface area contributed by atoms with Gasteiger partial charge in [0.25, 0.3) is 0 Å². The minimum Gasteiger partial charge on any atom is -0.369 e. The maximum Gasteiger partial charge on any atom is 0.0882 e. The summed E-state index contributed by atoms with van der Waals surface area (Å²) < 4.78 is 5.51. The molecule has 0 bridgehead atoms. The fourth-order valence-corrected chi connectivity index (χ4v) is 1.38. The zero-order valence-corrected chi connectivity index (χ0v) is 6.86. The zero-order chi connectivity index (χ0) is 8.39. The first-order chi connectivity index (χ1) is 5.86. The second kappa shape index (κ2) is 3.07. The average molecular weight is 161 g/mol. The summed E-state index contributed by atoms with van der Waals surface area (Å²) in [6.07, 6.45) is 4.74. The van der Waals surface area contributed by atoms with E-state index in [1.54, 1.807) is 6.20 Å². The predicted molar refractivity (Wildman–Crippen MR) is 46.7 cm³/mol. The van der Waals surface area contributed by atoms with Crippen LogP contribution in [0, 0.1) is 0 Å². The Morgan fingerprint density at radius 1 is 1.58 bits per heavy atom. The smallest absolute Gasteiger partial charge is 0.0882 e. The van der Waals surface area contributed by atoms with Gasteiger partial charge in [0.1, 0.15) is 0 Å². The highest BCUT2D eigenvalue weighted by Gasteiger charge is 2.19. The molecule has 2 rings (SSSR count). The molecule has 0 unspecified atom stereocenters. The third kappa shape index (κ3) is 1.38. The fraction of sp³-hybridized carbons (Fsp3) is 0.300. The van der Waals surface area contributed by atoms with E-state index in [-0.39, 0.29) is 6.10 Å². The molecule has 0 spiro atoms. The van der Waals surface area contributed by atoms with Crippen molar-refractivity contribution in [3.63, 3.8) is 0 Å². The largest absolute Gasteiger partial charge is 0.369 e. The number of hydrogen-bond acceptors (Lipinski definition) is 2. The molecule has 1 aromatic rings. The summed E-state index contributed by atoms with van der Waals surface area (Å²) in [7, 11) is 0. The Balaban J connectivity index is 2.16. The van der Waals surface area contributed by atoms with Gasteiger partial charge in [-0.3, -0.25) is 4.98 Å². The molecule has 1 atom stereocenters. The molecule has 0 saturated carbocycles. The van der Waals surface area contributed by atoms with Crippen LogP contribution in [0.3, 0.4) is 0 Å². The van der Waals surface area contributed by atoms with Crippen LogP contribution >= 0.6 is 0 Å². The lowest BCUT2D eigenvalue weighted by Crippen LogP contribution is -1.95. The minimum atomic E-state index is 0.186. The predicted octanol–water partition coefficient (Wildman–Crippen LogP) is 2.10. The van der Waals surface area contributed by atoms with E-state index in [2.05, 4.69) is 11.6 Å². The molecule has 0 N–H and O–H groups in total. The van der Waals surface area contributed by atoms with Crippen LogP contribution in [0.1, 0.15) is 18.1 Å². The molecular formula is C10H11NO. The summed E-state index contributed by atoms with van der Waals surface area (Å²) in [5.41, 5.74) is 2.32. The van der Waals surface area contributed by atoms with Crippen LogP contribution in [0.15, 0.2) is 36.7 Å². The van der Waals surface area contributed by atoms with Crippen LogP contribution < -0.4 is 0 Å². The summed E-state index contributed by atoms with van der Waals surface area (Å²) in [6.45, 7) is 4.58. The second-order valence-corrected chi connectivity index (χ2v) is 3.04. The molecule has 1 aromatic heterocycles. The third-order valence-corrected chi connectivity index (χ3v) is 2.02. The Labute approximate surface area is 71.9 Å². The minimum absolute atomic E-state index is 0.186. The SMILES string of the molecule is C=C1CO[C@@H](c2cccnc2)C1. The lowest BCUT2D eigenvalue weighted by atomic mass is 10.1. The molecule has 12 heavy (non-hydrogen) atoms. The van der Waals surface area contributed by atoms with E-state index in [0.29, 0.717) is 6.61 Å². The molecule has 2 heterocycles. The molecule has 1 aliphatic rings. The fourth-order valence-electron chi connectivity index (χ4n) is 1.38. The lowest BCUT2D eigenvalue weighted by molar-refractivity contribution is 0.114. The average Bonchev–Trinajstić information content (AvgIpc) is 2.54. The van der Waals surface area contributed by atoms with Crippen LogP contribution in [0.4, 0.5) is 0 Å². The van der Waals surface area contributed by atoms with Crippen molar-refractivity contribution in [1.82, 2.24) is 4.98 Å². The van der Waals surface area contributed by atoms with E-state index in [1.807, 2.05) is 18.3 Å². The van der Waals surface area contributed by atoms with Crippen LogP contribution in [-0.2, 0) is 4.74 Å². The van der Waals surface area contributed by atoms with Crippen molar-refractivity contribution in [3.05, 3.63) is 42.2 Å². The molecule has 2 heteroatoms. The third-order valence-electron chi connectivity index (χ3n) is 2.02. The molecule has 2 nitrogen and oxygen atoms in total. The highest BCUT2D eigenvalue weighted by Crippen LogP contribution is 2.30. The van der Waals surface area contributed by atoms with E-state index >= 15 is 0 Å². The highest BCUT2D eigenvalue weighted by atomic mass is 16.5. The monoisotopic (exact) mass is 161 g/mol. The van der Waals surface area contributed by atoms with Crippen molar-refractivity contribution < 1.29 is 4.74 Å². The van der Waals surface area contributed by atoms with Gasteiger partial charge in [0.15, 0.2) is 0 Å². The first-order valence-electron chi connectivity index (χ1n) is 4.04. The van der Waals surface area contributed by atoms with Crippen molar-refractivity contribution in [3.8, 4) is 0 Å². The van der Waals surface area contributed by atoms with Crippen LogP contribution in [0.5, 0.6) is 0 Å². The van der Waals surface area contributed by atoms with E-state index < -0.39 is 0 Å². The summed E-state index contributed by atoms with van der Waals surface area (Å²) in [5, 5.41) is 0. The second-order valence-electron chi connectivity index (χ2n) is 3.04. The van der Waals surface area contributed by atoms with Gasteiger partial charge in [0, 0.05) is 18.8 Å². The van der Waals surface area contributed by atoms with E-state index in [9.17, 15) is 0 Å². The quantitative estimate of drug-likeness (QED) is 0.588. The first kappa shape index (κ1) is 7.50. The van der Waals surface area contributed by atoms with Crippen molar-refractivity contribution in [1.29, 1.82) is 0 Å². The van der Waals surface area contributed by atoms with E-state index in [0.717, 1.165) is 12.0 Å². The van der Waals surface area contributed by atoms with Crippen LogP contribution in [0.25, 0.3) is 0 Å². The highest BCUT2D eigenvalue weighted by molar-refractivity contribution is 5.17. The summed E-state index contributed by atoms with van der Waals surface area (Å²) in [5.74, 6) is 0. The Hall–Kier alpha value is -1.15. The van der Waals surface area contributed by atoms with E-state index in [4.69, 9.17) is 4.74 Å². The van der Waals surface area contributed by atoms with Crippen molar-refractivity contribution in [2.45, 2.75) is 12.5 Å². The number of aromatic nitrogens is 1. The van der Waals surface area contributed by atoms with Crippen molar-refractivity contribution in [2.24, 2.45) is 0 Å². The van der Waals surface area contributed by atoms with Crippen LogP contribution in [0.2, 0.25) is 0 Å². The molecule has 0 aromatic carbocycles. The standard InChI is InChI=1S/C10H11NO/c1-8-5-10(12-7-8)9-3-2-4-11-6-9/h2-4,6,10H,1,5,7H2/t10-/m1/s1. The topological polar surface area (TPSA) is 22.1 Å². The molecular weight excluding hydrogens is 150 g/mol. The first-order valence-corrected chi connectivity index (χ1v) is 4.04. The van der Waals surface area contributed by atoms with Crippen molar-refractivity contribution >= 4 is 0 Å². The summed E-state index contributed by atoms with van der Waals surface area (Å²) >= 11 is 0. The van der Waals surface area contributed by atoms with Gasteiger partial charge in [0.2, 0.25) is 0 Å². The number of rotatable bonds is 1. The number of pyridine rings is 1. The molecule has 1 saturated heterocycles. The van der Waals surface area contributed by atoms with Gasteiger partial charge in [-0.15, -0.1) is 0 Å². The molecule has 1 aliphatic heterocycles. The molecule has 0 amide bonds. The molecule has 1 fully saturated rings. The van der Waals surface area contributed by atoms with Gasteiger partial charge in [-0.05, 0) is 17.2 Å². The van der Waals surface area contributed by atoms with Gasteiger partial charge in [-0.2, -0.15) is 0 Å². The van der Waals surface area contributed by atoms with Gasteiger partial charge in [-0.1, -0.05) is 12.6 Å². The normalized spacial score (nSPS) is 23.0. The Morgan fingerprint density at radius 2 is 2.50 bits per heavy atom. The number of ether oxygens (including phenoxy) is 1. The Bertz CT molecular complexity index is 281. The Morgan fingerprint density at radius 3 is 3.08 bits per heavy atom. The maximum absolute atomic E-state index is 5.51. The van der Waals surface area contributed by atoms with Gasteiger partial charge >= 0.3 is 0 Å². The lowest BCUT2D eigenvalue weighted by Gasteiger charge is -2.06. The van der Waals surface area contributed by atoms with Crippen molar-refractivity contribution in [2.75, 3.05) is 6.61 Å². The van der Waals surface area contributed by atoms with Gasteiger partial charge in [-0.25, -0.2) is 0 Å². The van der Waals surface area contributed by atoms with Crippen LogP contribution in [-0.4, -0.2) is 11.6 Å². The number of hydrogen-bond donors (Lipinski definition) is 0. The molecule has 0 aliphatic carbocycles. The molecule has 0 radical (unpaired) electrons. The Kier molecular flexibility index (Phi) is 1.92.